The highest BCUT2D eigenvalue weighted by Gasteiger charge is 2.41. The van der Waals surface area contributed by atoms with E-state index >= 15 is 0 Å². The predicted octanol–water partition coefficient (Wildman–Crippen LogP) is 1.19. The first-order valence-electron chi connectivity index (χ1n) is 8.39. The quantitative estimate of drug-likeness (QED) is 0.903. The van der Waals surface area contributed by atoms with Crippen LogP contribution in [0.2, 0.25) is 0 Å². The average Bonchev–Trinajstić information content (AvgIpc) is 2.59. The number of morpholine rings is 1. The van der Waals surface area contributed by atoms with Crippen LogP contribution in [0.15, 0.2) is 24.3 Å². The summed E-state index contributed by atoms with van der Waals surface area (Å²) in [5.41, 5.74) is 1.98. The Labute approximate surface area is 142 Å². The molecule has 0 aliphatic carbocycles. The molecular weight excluding hydrogens is 308 g/mol. The Balaban J connectivity index is 1.82. The summed E-state index contributed by atoms with van der Waals surface area (Å²) in [5.74, 6) is -0.270. The minimum atomic E-state index is -0.698. The van der Waals surface area contributed by atoms with Gasteiger partial charge in [0.05, 0.1) is 6.04 Å². The summed E-state index contributed by atoms with van der Waals surface area (Å²) in [6.45, 7) is 3.24. The molecule has 6 heteroatoms. The van der Waals surface area contributed by atoms with Crippen LogP contribution in [0.3, 0.4) is 0 Å². The first-order valence-corrected chi connectivity index (χ1v) is 8.39. The summed E-state index contributed by atoms with van der Waals surface area (Å²) in [6, 6.07) is 7.50. The van der Waals surface area contributed by atoms with Gasteiger partial charge in [-0.3, -0.25) is 9.59 Å². The summed E-state index contributed by atoms with van der Waals surface area (Å²) >= 11 is 0. The number of ether oxygens (including phenoxy) is 2. The maximum absolute atomic E-state index is 12.8. The van der Waals surface area contributed by atoms with Gasteiger partial charge in [-0.25, -0.2) is 0 Å². The number of nitrogens with zero attached hydrogens (tertiary/aromatic N) is 1. The molecule has 2 heterocycles. The standard InChI is InChI=1S/C18H24N2O4/c1-12-5-3-4-6-14(12)16-17(24-11-15(21)20(16)2)18(22)19-13-7-9-23-10-8-13/h3-6,13,16-17H,7-11H2,1-2H3,(H,19,22)/t16-,17+/m1/s1. The number of aryl methyl sites for hydroxylation is 1. The number of hydrogen-bond acceptors (Lipinski definition) is 4. The molecule has 2 aliphatic rings. The van der Waals surface area contributed by atoms with Crippen LogP contribution in [0.1, 0.15) is 30.0 Å². The van der Waals surface area contributed by atoms with Crippen molar-refractivity contribution in [1.29, 1.82) is 0 Å². The molecule has 1 aromatic rings. The third-order valence-corrected chi connectivity index (χ3v) is 4.82. The van der Waals surface area contributed by atoms with E-state index in [1.807, 2.05) is 31.2 Å². The zero-order valence-corrected chi connectivity index (χ0v) is 14.2. The van der Waals surface area contributed by atoms with E-state index in [1.165, 1.54) is 0 Å². The van der Waals surface area contributed by atoms with E-state index in [-0.39, 0.29) is 24.5 Å². The van der Waals surface area contributed by atoms with E-state index in [0.717, 1.165) is 24.0 Å². The van der Waals surface area contributed by atoms with Crippen molar-refractivity contribution in [3.8, 4) is 0 Å². The van der Waals surface area contributed by atoms with Crippen LogP contribution in [-0.2, 0) is 19.1 Å². The number of rotatable bonds is 3. The van der Waals surface area contributed by atoms with Crippen LogP contribution in [0.4, 0.5) is 0 Å². The van der Waals surface area contributed by atoms with Crippen LogP contribution in [0.5, 0.6) is 0 Å². The number of carbonyl (C=O) groups is 2. The molecule has 0 saturated carbocycles. The van der Waals surface area contributed by atoms with Gasteiger partial charge in [-0.1, -0.05) is 24.3 Å². The second-order valence-corrected chi connectivity index (χ2v) is 6.43. The van der Waals surface area contributed by atoms with E-state index in [1.54, 1.807) is 11.9 Å². The van der Waals surface area contributed by atoms with Gasteiger partial charge in [0.2, 0.25) is 5.91 Å². The Morgan fingerprint density at radius 1 is 1.25 bits per heavy atom. The van der Waals surface area contributed by atoms with Gasteiger partial charge in [-0.05, 0) is 30.9 Å². The van der Waals surface area contributed by atoms with Gasteiger partial charge >= 0.3 is 0 Å². The van der Waals surface area contributed by atoms with Crippen LogP contribution in [-0.4, -0.2) is 55.7 Å². The molecule has 0 aromatic heterocycles. The Morgan fingerprint density at radius 3 is 2.67 bits per heavy atom. The van der Waals surface area contributed by atoms with Gasteiger partial charge in [-0.2, -0.15) is 0 Å². The van der Waals surface area contributed by atoms with Gasteiger partial charge < -0.3 is 19.7 Å². The highest BCUT2D eigenvalue weighted by molar-refractivity contribution is 5.86. The molecule has 2 aliphatic heterocycles. The van der Waals surface area contributed by atoms with Crippen molar-refractivity contribution in [2.24, 2.45) is 0 Å². The van der Waals surface area contributed by atoms with Crippen LogP contribution < -0.4 is 5.32 Å². The third-order valence-electron chi connectivity index (χ3n) is 4.82. The molecule has 2 fully saturated rings. The van der Waals surface area contributed by atoms with E-state index in [2.05, 4.69) is 5.32 Å². The Kier molecular flexibility index (Phi) is 5.16. The fraction of sp³-hybridized carbons (Fsp3) is 0.556. The smallest absolute Gasteiger partial charge is 0.251 e. The molecule has 2 atom stereocenters. The zero-order chi connectivity index (χ0) is 17.1. The van der Waals surface area contributed by atoms with E-state index < -0.39 is 12.1 Å². The van der Waals surface area contributed by atoms with Gasteiger partial charge in [-0.15, -0.1) is 0 Å². The molecule has 0 unspecified atom stereocenters. The second kappa shape index (κ2) is 7.32. The molecule has 0 radical (unpaired) electrons. The topological polar surface area (TPSA) is 67.9 Å². The molecule has 1 aromatic carbocycles. The Bertz CT molecular complexity index is 613. The summed E-state index contributed by atoms with van der Waals surface area (Å²) in [6.07, 6.45) is 0.918. The monoisotopic (exact) mass is 332 g/mol. The van der Waals surface area contributed by atoms with Crippen molar-refractivity contribution in [2.75, 3.05) is 26.9 Å². The highest BCUT2D eigenvalue weighted by Crippen LogP contribution is 2.31. The SMILES string of the molecule is Cc1ccccc1[C@@H]1[C@@H](C(=O)NC2CCOCC2)OCC(=O)N1C. The molecule has 24 heavy (non-hydrogen) atoms. The highest BCUT2D eigenvalue weighted by atomic mass is 16.5. The number of nitrogens with one attached hydrogen (secondary N) is 1. The second-order valence-electron chi connectivity index (χ2n) is 6.43. The lowest BCUT2D eigenvalue weighted by molar-refractivity contribution is -0.162. The molecule has 0 bridgehead atoms. The van der Waals surface area contributed by atoms with Crippen molar-refractivity contribution in [2.45, 2.75) is 38.0 Å². The van der Waals surface area contributed by atoms with E-state index in [9.17, 15) is 9.59 Å². The first-order chi connectivity index (χ1) is 11.6. The first kappa shape index (κ1) is 16.9. The number of benzene rings is 1. The van der Waals surface area contributed by atoms with Gasteiger partial charge in [0, 0.05) is 26.3 Å². The summed E-state index contributed by atoms with van der Waals surface area (Å²) in [5, 5.41) is 3.06. The minimum Gasteiger partial charge on any atom is -0.381 e. The van der Waals surface area contributed by atoms with E-state index in [4.69, 9.17) is 9.47 Å². The van der Waals surface area contributed by atoms with Crippen molar-refractivity contribution in [3.63, 3.8) is 0 Å². The third kappa shape index (κ3) is 3.44. The van der Waals surface area contributed by atoms with Crippen molar-refractivity contribution >= 4 is 11.8 Å². The van der Waals surface area contributed by atoms with Crippen molar-refractivity contribution in [3.05, 3.63) is 35.4 Å². The maximum atomic E-state index is 12.8. The molecule has 0 spiro atoms. The normalized spacial score (nSPS) is 25.6. The number of hydrogen-bond donors (Lipinski definition) is 1. The lowest BCUT2D eigenvalue weighted by atomic mass is 9.93. The summed E-state index contributed by atoms with van der Waals surface area (Å²) in [4.78, 5) is 26.5. The summed E-state index contributed by atoms with van der Waals surface area (Å²) in [7, 11) is 1.73. The number of amides is 2. The molecule has 130 valence electrons. The molecule has 2 amide bonds. The number of carbonyl (C=O) groups excluding carboxylic acids is 2. The lowest BCUT2D eigenvalue weighted by Gasteiger charge is -2.39. The molecule has 3 rings (SSSR count). The molecular formula is C18H24N2O4. The zero-order valence-electron chi connectivity index (χ0n) is 14.2. The van der Waals surface area contributed by atoms with E-state index in [0.29, 0.717) is 13.2 Å². The van der Waals surface area contributed by atoms with Crippen LogP contribution in [0.25, 0.3) is 0 Å². The van der Waals surface area contributed by atoms with Gasteiger partial charge in [0.25, 0.3) is 5.91 Å². The number of likely N-dealkylation sites (N-methyl/N-ethyl adjacent to an activating group) is 1. The average molecular weight is 332 g/mol. The van der Waals surface area contributed by atoms with Crippen LogP contribution in [0, 0.1) is 6.92 Å². The maximum Gasteiger partial charge on any atom is 0.251 e. The lowest BCUT2D eigenvalue weighted by Crippen LogP contribution is -2.55. The molecule has 6 nitrogen and oxygen atoms in total. The van der Waals surface area contributed by atoms with Crippen LogP contribution >= 0.6 is 0 Å². The fourth-order valence-corrected chi connectivity index (χ4v) is 3.35. The van der Waals surface area contributed by atoms with Gasteiger partial charge in [0.1, 0.15) is 6.61 Å². The Morgan fingerprint density at radius 2 is 1.96 bits per heavy atom. The molecule has 1 N–H and O–H groups in total. The predicted molar refractivity (Wildman–Crippen MR) is 88.4 cm³/mol. The fourth-order valence-electron chi connectivity index (χ4n) is 3.35. The minimum absolute atomic E-state index is 0.0647. The van der Waals surface area contributed by atoms with Crippen molar-refractivity contribution in [1.82, 2.24) is 10.2 Å². The largest absolute Gasteiger partial charge is 0.381 e. The molecule has 2 saturated heterocycles. The summed E-state index contributed by atoms with van der Waals surface area (Å²) < 4.78 is 11.0. The van der Waals surface area contributed by atoms with Gasteiger partial charge in [0.15, 0.2) is 6.10 Å². The Hall–Kier alpha value is -1.92. The van der Waals surface area contributed by atoms with Crippen molar-refractivity contribution < 1.29 is 19.1 Å².